The van der Waals surface area contributed by atoms with Crippen molar-refractivity contribution in [1.29, 1.82) is 0 Å². The van der Waals surface area contributed by atoms with Gasteiger partial charge in [-0.15, -0.1) is 0 Å². The third-order valence-electron chi connectivity index (χ3n) is 3.17. The maximum Gasteiger partial charge on any atom is 0.214 e. The summed E-state index contributed by atoms with van der Waals surface area (Å²) in [5.74, 6) is 0.580. The van der Waals surface area contributed by atoms with Crippen LogP contribution in [0.25, 0.3) is 0 Å². The van der Waals surface area contributed by atoms with Crippen LogP contribution in [-0.4, -0.2) is 10.1 Å². The summed E-state index contributed by atoms with van der Waals surface area (Å²) in [7, 11) is 0. The van der Waals surface area contributed by atoms with Crippen LogP contribution >= 0.6 is 0 Å². The molecular weight excluding hydrogens is 250 g/mol. The van der Waals surface area contributed by atoms with Crippen molar-refractivity contribution in [1.82, 2.24) is 4.98 Å². The van der Waals surface area contributed by atoms with Gasteiger partial charge in [0, 0.05) is 11.8 Å². The Kier molecular flexibility index (Phi) is 5.13. The summed E-state index contributed by atoms with van der Waals surface area (Å²) in [6.07, 6.45) is 1.85. The Morgan fingerprint density at radius 2 is 1.95 bits per heavy atom. The Bertz CT molecular complexity index is 540. The maximum absolute atomic E-state index is 9.32. The molecule has 2 aromatic rings. The number of aryl methyl sites for hydroxylation is 1. The van der Waals surface area contributed by atoms with Crippen molar-refractivity contribution < 1.29 is 9.84 Å². The van der Waals surface area contributed by atoms with Gasteiger partial charge in [-0.05, 0) is 30.5 Å². The molecule has 3 nitrogen and oxygen atoms in total. The first-order chi connectivity index (χ1) is 9.72. The Labute approximate surface area is 120 Å². The van der Waals surface area contributed by atoms with Gasteiger partial charge in [-0.25, -0.2) is 4.98 Å². The first-order valence-corrected chi connectivity index (χ1v) is 7.05. The predicted molar refractivity (Wildman–Crippen MR) is 79.6 cm³/mol. The third-order valence-corrected chi connectivity index (χ3v) is 3.17. The van der Waals surface area contributed by atoms with Gasteiger partial charge in [0.25, 0.3) is 0 Å². The minimum atomic E-state index is -0.0629. The molecule has 3 heteroatoms. The van der Waals surface area contributed by atoms with E-state index in [1.54, 1.807) is 6.07 Å². The van der Waals surface area contributed by atoms with Crippen molar-refractivity contribution in [2.24, 2.45) is 0 Å². The summed E-state index contributed by atoms with van der Waals surface area (Å²) >= 11 is 0. The van der Waals surface area contributed by atoms with E-state index in [0.29, 0.717) is 5.88 Å². The molecule has 1 N–H and O–H groups in total. The van der Waals surface area contributed by atoms with E-state index in [1.807, 2.05) is 43.3 Å². The molecule has 0 fully saturated rings. The molecule has 0 spiro atoms. The molecule has 0 amide bonds. The van der Waals surface area contributed by atoms with Crippen LogP contribution in [0.1, 0.15) is 43.2 Å². The number of rotatable bonds is 6. The second-order valence-electron chi connectivity index (χ2n) is 4.88. The molecule has 1 atom stereocenters. The third kappa shape index (κ3) is 3.81. The van der Waals surface area contributed by atoms with E-state index >= 15 is 0 Å². The molecule has 0 radical (unpaired) electrons. The molecule has 1 unspecified atom stereocenters. The van der Waals surface area contributed by atoms with Crippen molar-refractivity contribution in [3.8, 4) is 5.88 Å². The number of aliphatic hydroxyl groups is 1. The van der Waals surface area contributed by atoms with Crippen molar-refractivity contribution in [2.45, 2.75) is 39.4 Å². The van der Waals surface area contributed by atoms with E-state index in [2.05, 4.69) is 11.9 Å². The van der Waals surface area contributed by atoms with Crippen LogP contribution in [0, 0.1) is 0 Å². The Hall–Kier alpha value is -1.87. The fraction of sp³-hybridized carbons (Fsp3) is 0.353. The quantitative estimate of drug-likeness (QED) is 0.871. The van der Waals surface area contributed by atoms with Crippen molar-refractivity contribution >= 4 is 0 Å². The van der Waals surface area contributed by atoms with Crippen LogP contribution in [-0.2, 0) is 13.0 Å². The zero-order valence-corrected chi connectivity index (χ0v) is 12.0. The number of hydrogen-bond donors (Lipinski definition) is 1. The van der Waals surface area contributed by atoms with Gasteiger partial charge in [-0.2, -0.15) is 0 Å². The molecule has 1 heterocycles. The summed E-state index contributed by atoms with van der Waals surface area (Å²) in [5.41, 5.74) is 2.92. The lowest BCUT2D eigenvalue weighted by atomic mass is 10.1. The molecule has 106 valence electrons. The average molecular weight is 271 g/mol. The number of aliphatic hydroxyl groups excluding tert-OH is 1. The highest BCUT2D eigenvalue weighted by Crippen LogP contribution is 2.22. The van der Waals surface area contributed by atoms with Crippen LogP contribution in [0.5, 0.6) is 5.88 Å². The summed E-state index contributed by atoms with van der Waals surface area (Å²) < 4.78 is 5.91. The van der Waals surface area contributed by atoms with Crippen LogP contribution in [0.15, 0.2) is 42.5 Å². The Morgan fingerprint density at radius 1 is 1.20 bits per heavy atom. The van der Waals surface area contributed by atoms with E-state index < -0.39 is 0 Å². The number of hydrogen-bond acceptors (Lipinski definition) is 3. The predicted octanol–water partition coefficient (Wildman–Crippen LogP) is 3.67. The number of benzene rings is 1. The second-order valence-corrected chi connectivity index (χ2v) is 4.88. The fourth-order valence-electron chi connectivity index (χ4n) is 2.13. The number of nitrogens with zero attached hydrogens (tertiary/aromatic N) is 1. The molecule has 0 aliphatic heterocycles. The van der Waals surface area contributed by atoms with Crippen molar-refractivity contribution in [3.05, 3.63) is 59.3 Å². The molecule has 0 aliphatic rings. The largest absolute Gasteiger partial charge is 0.470 e. The van der Waals surface area contributed by atoms with Crippen LogP contribution in [0.4, 0.5) is 0 Å². The number of pyridine rings is 1. The van der Waals surface area contributed by atoms with Gasteiger partial charge in [0.05, 0.1) is 6.61 Å². The lowest BCUT2D eigenvalue weighted by molar-refractivity contribution is 0.215. The minimum absolute atomic E-state index is 0.00924. The molecular formula is C17H21NO2. The van der Waals surface area contributed by atoms with E-state index in [4.69, 9.17) is 4.74 Å². The summed E-state index contributed by atoms with van der Waals surface area (Å²) in [6, 6.07) is 13.8. The summed E-state index contributed by atoms with van der Waals surface area (Å²) in [5, 5.41) is 9.32. The summed E-state index contributed by atoms with van der Waals surface area (Å²) in [4.78, 5) is 4.50. The highest BCUT2D eigenvalue weighted by atomic mass is 16.5. The fourth-order valence-corrected chi connectivity index (χ4v) is 2.13. The zero-order chi connectivity index (χ0) is 14.4. The van der Waals surface area contributed by atoms with Crippen molar-refractivity contribution in [3.63, 3.8) is 0 Å². The number of ether oxygens (including phenoxy) is 1. The first-order valence-electron chi connectivity index (χ1n) is 7.05. The highest BCUT2D eigenvalue weighted by molar-refractivity contribution is 5.26. The van der Waals surface area contributed by atoms with Crippen LogP contribution < -0.4 is 4.74 Å². The standard InChI is InChI=1S/C17H21NO2/c1-3-7-16-10-14(12-19)11-17(18-16)20-13(2)15-8-5-4-6-9-15/h4-6,8-11,13,19H,3,7,12H2,1-2H3. The van der Waals surface area contributed by atoms with Gasteiger partial charge in [0.15, 0.2) is 0 Å². The van der Waals surface area contributed by atoms with Gasteiger partial charge in [-0.3, -0.25) is 0 Å². The topological polar surface area (TPSA) is 42.4 Å². The molecule has 2 rings (SSSR count). The molecule has 1 aromatic carbocycles. The van der Waals surface area contributed by atoms with E-state index in [9.17, 15) is 5.11 Å². The molecule has 1 aromatic heterocycles. The monoisotopic (exact) mass is 271 g/mol. The van der Waals surface area contributed by atoms with Crippen LogP contribution in [0.3, 0.4) is 0 Å². The van der Waals surface area contributed by atoms with Gasteiger partial charge in [0.1, 0.15) is 6.10 Å². The Balaban J connectivity index is 2.17. The van der Waals surface area contributed by atoms with Crippen LogP contribution in [0.2, 0.25) is 0 Å². The maximum atomic E-state index is 9.32. The minimum Gasteiger partial charge on any atom is -0.470 e. The molecule has 0 saturated carbocycles. The number of aromatic nitrogens is 1. The van der Waals surface area contributed by atoms with Gasteiger partial charge in [0.2, 0.25) is 5.88 Å². The Morgan fingerprint density at radius 3 is 2.60 bits per heavy atom. The molecule has 0 bridgehead atoms. The molecule has 0 saturated heterocycles. The van der Waals surface area contributed by atoms with E-state index in [0.717, 1.165) is 29.7 Å². The average Bonchev–Trinajstić information content (AvgIpc) is 2.48. The zero-order valence-electron chi connectivity index (χ0n) is 12.0. The molecule has 20 heavy (non-hydrogen) atoms. The first kappa shape index (κ1) is 14.5. The highest BCUT2D eigenvalue weighted by Gasteiger charge is 2.09. The molecule has 0 aliphatic carbocycles. The van der Waals surface area contributed by atoms with Crippen molar-refractivity contribution in [2.75, 3.05) is 0 Å². The van der Waals surface area contributed by atoms with E-state index in [-0.39, 0.29) is 12.7 Å². The smallest absolute Gasteiger partial charge is 0.214 e. The second kappa shape index (κ2) is 7.06. The van der Waals surface area contributed by atoms with Gasteiger partial charge in [-0.1, -0.05) is 43.7 Å². The van der Waals surface area contributed by atoms with Gasteiger partial charge < -0.3 is 9.84 Å². The SMILES string of the molecule is CCCc1cc(CO)cc(OC(C)c2ccccc2)n1. The normalized spacial score (nSPS) is 12.2. The van der Waals surface area contributed by atoms with E-state index in [1.165, 1.54) is 0 Å². The van der Waals surface area contributed by atoms with Gasteiger partial charge >= 0.3 is 0 Å². The summed E-state index contributed by atoms with van der Waals surface area (Å²) in [6.45, 7) is 4.12. The lowest BCUT2D eigenvalue weighted by Crippen LogP contribution is -2.06. The lowest BCUT2D eigenvalue weighted by Gasteiger charge is -2.15.